The lowest BCUT2D eigenvalue weighted by molar-refractivity contribution is 0.628. The maximum Gasteiger partial charge on any atom is 0.214 e. The highest BCUT2D eigenvalue weighted by atomic mass is 35.5. The van der Waals surface area contributed by atoms with E-state index in [9.17, 15) is 4.39 Å². The summed E-state index contributed by atoms with van der Waals surface area (Å²) in [6.45, 7) is 0. The average Bonchev–Trinajstić information content (AvgIpc) is 3.11. The van der Waals surface area contributed by atoms with E-state index in [1.54, 1.807) is 34.2 Å². The van der Waals surface area contributed by atoms with Crippen molar-refractivity contribution in [3.63, 3.8) is 0 Å². The third kappa shape index (κ3) is 2.18. The lowest BCUT2D eigenvalue weighted by Gasteiger charge is -2.12. The van der Waals surface area contributed by atoms with Crippen LogP contribution in [0, 0.1) is 5.82 Å². The van der Waals surface area contributed by atoms with Crippen LogP contribution in [-0.4, -0.2) is 27.7 Å². The molecular formula is C14H12ClFN4S. The fourth-order valence-corrected chi connectivity index (χ4v) is 3.39. The van der Waals surface area contributed by atoms with Crippen molar-refractivity contribution >= 4 is 33.0 Å². The van der Waals surface area contributed by atoms with E-state index in [4.69, 9.17) is 11.6 Å². The summed E-state index contributed by atoms with van der Waals surface area (Å²) < 4.78 is 15.1. The van der Waals surface area contributed by atoms with Crippen LogP contribution >= 0.6 is 22.9 Å². The van der Waals surface area contributed by atoms with Gasteiger partial charge in [-0.1, -0.05) is 22.9 Å². The second-order valence-electron chi connectivity index (χ2n) is 5.19. The summed E-state index contributed by atoms with van der Waals surface area (Å²) >= 11 is 7.41. The standard InChI is InChI=1S/C14H12ClFN4S/c1-19(9-3-4-9)14-18-20-12(7-17-13(20)21-14)8-2-5-11(16)10(15)6-8/h2,5-7,9H,3-4H2,1H3. The molecule has 1 aromatic carbocycles. The molecule has 21 heavy (non-hydrogen) atoms. The number of imidazole rings is 1. The Morgan fingerprint density at radius 1 is 1.43 bits per heavy atom. The molecule has 0 atom stereocenters. The summed E-state index contributed by atoms with van der Waals surface area (Å²) in [6.07, 6.45) is 4.18. The molecule has 4 nitrogen and oxygen atoms in total. The molecule has 0 amide bonds. The summed E-state index contributed by atoms with van der Waals surface area (Å²) in [5.41, 5.74) is 1.62. The molecule has 3 aromatic rings. The van der Waals surface area contributed by atoms with Crippen LogP contribution in [0.1, 0.15) is 12.8 Å². The van der Waals surface area contributed by atoms with Crippen LogP contribution in [0.3, 0.4) is 0 Å². The first-order chi connectivity index (χ1) is 10.1. The zero-order valence-electron chi connectivity index (χ0n) is 11.3. The number of fused-ring (bicyclic) bond motifs is 1. The Hall–Kier alpha value is -1.66. The molecule has 2 heterocycles. The van der Waals surface area contributed by atoms with Crippen molar-refractivity contribution in [3.05, 3.63) is 35.2 Å². The summed E-state index contributed by atoms with van der Waals surface area (Å²) in [6, 6.07) is 5.25. The van der Waals surface area contributed by atoms with Crippen molar-refractivity contribution in [2.24, 2.45) is 0 Å². The molecule has 0 bridgehead atoms. The quantitative estimate of drug-likeness (QED) is 0.734. The summed E-state index contributed by atoms with van der Waals surface area (Å²) in [5, 5.41) is 5.68. The minimum Gasteiger partial charge on any atom is -0.347 e. The van der Waals surface area contributed by atoms with Crippen LogP contribution in [0.4, 0.5) is 9.52 Å². The van der Waals surface area contributed by atoms with E-state index in [1.807, 2.05) is 0 Å². The van der Waals surface area contributed by atoms with Crippen LogP contribution in [0.25, 0.3) is 16.2 Å². The highest BCUT2D eigenvalue weighted by molar-refractivity contribution is 7.20. The second-order valence-corrected chi connectivity index (χ2v) is 6.54. The Morgan fingerprint density at radius 3 is 2.95 bits per heavy atom. The van der Waals surface area contributed by atoms with E-state index >= 15 is 0 Å². The van der Waals surface area contributed by atoms with Crippen molar-refractivity contribution in [3.8, 4) is 11.3 Å². The molecule has 1 aliphatic carbocycles. The first-order valence-electron chi connectivity index (χ1n) is 6.66. The van der Waals surface area contributed by atoms with Gasteiger partial charge in [-0.2, -0.15) is 0 Å². The highest BCUT2D eigenvalue weighted by Crippen LogP contribution is 2.34. The van der Waals surface area contributed by atoms with Crippen LogP contribution in [-0.2, 0) is 0 Å². The Labute approximate surface area is 129 Å². The largest absolute Gasteiger partial charge is 0.347 e. The Bertz CT molecular complexity index is 824. The molecule has 2 aromatic heterocycles. The van der Waals surface area contributed by atoms with Crippen molar-refractivity contribution in [2.75, 3.05) is 11.9 Å². The number of anilines is 1. The number of hydrogen-bond donors (Lipinski definition) is 0. The topological polar surface area (TPSA) is 33.4 Å². The van der Waals surface area contributed by atoms with Gasteiger partial charge >= 0.3 is 0 Å². The van der Waals surface area contributed by atoms with E-state index in [0.29, 0.717) is 6.04 Å². The molecule has 1 fully saturated rings. The summed E-state index contributed by atoms with van der Waals surface area (Å²) in [7, 11) is 2.06. The van der Waals surface area contributed by atoms with Gasteiger partial charge in [0.25, 0.3) is 0 Å². The van der Waals surface area contributed by atoms with Gasteiger partial charge < -0.3 is 4.90 Å². The molecule has 0 radical (unpaired) electrons. The van der Waals surface area contributed by atoms with Gasteiger partial charge in [0.1, 0.15) is 5.82 Å². The van der Waals surface area contributed by atoms with E-state index in [0.717, 1.165) is 21.3 Å². The zero-order chi connectivity index (χ0) is 14.6. The molecule has 4 rings (SSSR count). The molecule has 0 aliphatic heterocycles. The van der Waals surface area contributed by atoms with Crippen LogP contribution in [0.15, 0.2) is 24.4 Å². The highest BCUT2D eigenvalue weighted by Gasteiger charge is 2.28. The molecule has 0 saturated heterocycles. The molecule has 0 unspecified atom stereocenters. The first kappa shape index (κ1) is 13.0. The third-order valence-corrected chi connectivity index (χ3v) is 4.99. The maximum absolute atomic E-state index is 13.3. The summed E-state index contributed by atoms with van der Waals surface area (Å²) in [5.74, 6) is -0.423. The fourth-order valence-electron chi connectivity index (χ4n) is 2.30. The summed E-state index contributed by atoms with van der Waals surface area (Å²) in [4.78, 5) is 7.41. The number of halogens is 2. The first-order valence-corrected chi connectivity index (χ1v) is 7.86. The fraction of sp³-hybridized carbons (Fsp3) is 0.286. The Balaban J connectivity index is 1.79. The van der Waals surface area contributed by atoms with E-state index < -0.39 is 5.82 Å². The predicted octanol–water partition coefficient (Wildman–Crippen LogP) is 3.85. The molecular weight excluding hydrogens is 311 g/mol. The van der Waals surface area contributed by atoms with Crippen LogP contribution < -0.4 is 4.90 Å². The third-order valence-electron chi connectivity index (χ3n) is 3.69. The van der Waals surface area contributed by atoms with E-state index in [2.05, 4.69) is 22.0 Å². The van der Waals surface area contributed by atoms with Gasteiger partial charge in [0.05, 0.1) is 16.9 Å². The maximum atomic E-state index is 13.3. The van der Waals surface area contributed by atoms with E-state index in [-0.39, 0.29) is 5.02 Å². The van der Waals surface area contributed by atoms with Gasteiger partial charge in [0.15, 0.2) is 0 Å². The normalized spacial score (nSPS) is 14.8. The van der Waals surface area contributed by atoms with Crippen molar-refractivity contribution < 1.29 is 4.39 Å². The molecule has 1 saturated carbocycles. The van der Waals surface area contributed by atoms with Gasteiger partial charge in [-0.3, -0.25) is 0 Å². The Morgan fingerprint density at radius 2 is 2.24 bits per heavy atom. The van der Waals surface area contributed by atoms with E-state index in [1.165, 1.54) is 18.9 Å². The molecule has 1 aliphatic rings. The number of aromatic nitrogens is 3. The smallest absolute Gasteiger partial charge is 0.214 e. The number of nitrogens with zero attached hydrogens (tertiary/aromatic N) is 4. The van der Waals surface area contributed by atoms with Gasteiger partial charge in [0, 0.05) is 18.7 Å². The minimum absolute atomic E-state index is 0.105. The van der Waals surface area contributed by atoms with Crippen molar-refractivity contribution in [1.82, 2.24) is 14.6 Å². The zero-order valence-corrected chi connectivity index (χ0v) is 12.8. The number of rotatable bonds is 3. The Kier molecular flexibility index (Phi) is 2.90. The SMILES string of the molecule is CN(c1nn2c(-c3ccc(F)c(Cl)c3)cnc2s1)C1CC1. The van der Waals surface area contributed by atoms with Gasteiger partial charge in [0.2, 0.25) is 10.1 Å². The van der Waals surface area contributed by atoms with Crippen LogP contribution in [0.2, 0.25) is 5.02 Å². The van der Waals surface area contributed by atoms with Gasteiger partial charge in [-0.25, -0.2) is 13.9 Å². The van der Waals surface area contributed by atoms with Gasteiger partial charge in [-0.05, 0) is 31.0 Å². The van der Waals surface area contributed by atoms with Crippen LogP contribution in [0.5, 0.6) is 0 Å². The molecule has 0 spiro atoms. The minimum atomic E-state index is -0.423. The van der Waals surface area contributed by atoms with Crippen molar-refractivity contribution in [2.45, 2.75) is 18.9 Å². The molecule has 0 N–H and O–H groups in total. The average molecular weight is 323 g/mol. The second kappa shape index (κ2) is 4.68. The lowest BCUT2D eigenvalue weighted by atomic mass is 10.2. The number of hydrogen-bond acceptors (Lipinski definition) is 4. The predicted molar refractivity (Wildman–Crippen MR) is 82.7 cm³/mol. The lowest BCUT2D eigenvalue weighted by Crippen LogP contribution is -2.19. The molecule has 108 valence electrons. The van der Waals surface area contributed by atoms with Gasteiger partial charge in [-0.15, -0.1) is 5.10 Å². The van der Waals surface area contributed by atoms with Crippen molar-refractivity contribution in [1.29, 1.82) is 0 Å². The molecule has 7 heteroatoms. The number of benzene rings is 1. The monoisotopic (exact) mass is 322 g/mol.